The molecule has 0 saturated carbocycles. The van der Waals surface area contributed by atoms with Gasteiger partial charge in [-0.2, -0.15) is 0 Å². The Kier molecular flexibility index (Phi) is 10.9. The molecule has 0 aliphatic carbocycles. The molecule has 1 saturated heterocycles. The molecule has 0 radical (unpaired) electrons. The van der Waals surface area contributed by atoms with Crippen LogP contribution < -0.4 is 16.1 Å². The summed E-state index contributed by atoms with van der Waals surface area (Å²) in [6, 6.07) is 3.01. The maximum atomic E-state index is 14.1. The molecule has 1 fully saturated rings. The van der Waals surface area contributed by atoms with Gasteiger partial charge in [0.15, 0.2) is 0 Å². The van der Waals surface area contributed by atoms with E-state index in [0.717, 1.165) is 29.8 Å². The largest absolute Gasteiger partial charge is 0.350 e. The lowest BCUT2D eigenvalue weighted by Crippen LogP contribution is -2.58. The third-order valence-electron chi connectivity index (χ3n) is 6.42. The fourth-order valence-corrected chi connectivity index (χ4v) is 4.01. The summed E-state index contributed by atoms with van der Waals surface area (Å²) in [5.74, 6) is -1.61. The first-order chi connectivity index (χ1) is 17.3. The van der Waals surface area contributed by atoms with Gasteiger partial charge in [0.1, 0.15) is 18.4 Å². The molecule has 3 N–H and O–H groups in total. The first-order valence-corrected chi connectivity index (χ1v) is 13.0. The van der Waals surface area contributed by atoms with E-state index in [4.69, 9.17) is 0 Å². The molecule has 0 aromatic heterocycles. The van der Waals surface area contributed by atoms with Crippen molar-refractivity contribution in [1.29, 1.82) is 0 Å². The summed E-state index contributed by atoms with van der Waals surface area (Å²) in [4.78, 5) is 52.9. The third kappa shape index (κ3) is 10.0. The number of rotatable bonds is 8. The summed E-state index contributed by atoms with van der Waals surface area (Å²) >= 11 is 0. The Morgan fingerprint density at radius 1 is 1.19 bits per heavy atom. The number of likely N-dealkylation sites (tertiary alicyclic amines) is 1. The number of carbonyl (C=O) groups excluding carboxylic acids is 4. The molecule has 1 aromatic carbocycles. The van der Waals surface area contributed by atoms with Crippen LogP contribution in [0.4, 0.5) is 9.18 Å². The number of carbonyl (C=O) groups is 4. The van der Waals surface area contributed by atoms with Crippen LogP contribution in [0.25, 0.3) is 0 Å². The van der Waals surface area contributed by atoms with E-state index < -0.39 is 29.7 Å². The van der Waals surface area contributed by atoms with Crippen molar-refractivity contribution in [2.45, 2.75) is 92.3 Å². The third-order valence-corrected chi connectivity index (χ3v) is 6.42. The molecule has 37 heavy (non-hydrogen) atoms. The number of aryl methyl sites for hydroxylation is 1. The first kappa shape index (κ1) is 30.1. The van der Waals surface area contributed by atoms with Crippen LogP contribution in [0.15, 0.2) is 18.2 Å². The van der Waals surface area contributed by atoms with Gasteiger partial charge >= 0.3 is 6.03 Å². The van der Waals surface area contributed by atoms with Crippen LogP contribution in [-0.4, -0.2) is 58.8 Å². The summed E-state index contributed by atoms with van der Waals surface area (Å²) in [7, 11) is 0. The van der Waals surface area contributed by atoms with Gasteiger partial charge < -0.3 is 15.5 Å². The number of piperidine rings is 1. The molecule has 206 valence electrons. The predicted octanol–water partition coefficient (Wildman–Crippen LogP) is 3.41. The number of amides is 5. The van der Waals surface area contributed by atoms with Gasteiger partial charge in [-0.25, -0.2) is 14.2 Å². The second-order valence-electron chi connectivity index (χ2n) is 11.1. The number of hydrogen-bond acceptors (Lipinski definition) is 4. The van der Waals surface area contributed by atoms with Gasteiger partial charge in [0.25, 0.3) is 0 Å². The van der Waals surface area contributed by atoms with Crippen LogP contribution in [-0.2, 0) is 20.9 Å². The predicted molar refractivity (Wildman–Crippen MR) is 140 cm³/mol. The highest BCUT2D eigenvalue weighted by molar-refractivity contribution is 5.90. The summed E-state index contributed by atoms with van der Waals surface area (Å²) in [6.07, 6.45) is 3.59. The minimum Gasteiger partial charge on any atom is -0.350 e. The highest BCUT2D eigenvalue weighted by atomic mass is 19.1. The molecule has 2 rings (SSSR count). The molecule has 1 aliphatic rings. The highest BCUT2D eigenvalue weighted by Crippen LogP contribution is 2.20. The normalized spacial score (nSPS) is 16.5. The zero-order valence-electron chi connectivity index (χ0n) is 22.9. The average Bonchev–Trinajstić information content (AvgIpc) is 2.81. The van der Waals surface area contributed by atoms with Gasteiger partial charge in [-0.15, -0.1) is 0 Å². The minimum atomic E-state index is -0.987. The topological polar surface area (TPSA) is 111 Å². The number of benzene rings is 1. The van der Waals surface area contributed by atoms with Crippen molar-refractivity contribution in [3.63, 3.8) is 0 Å². The van der Waals surface area contributed by atoms with Crippen molar-refractivity contribution in [2.75, 3.05) is 13.1 Å². The Labute approximate surface area is 219 Å². The van der Waals surface area contributed by atoms with E-state index >= 15 is 0 Å². The number of nitrogens with zero attached hydrogens (tertiary/aromatic N) is 2. The van der Waals surface area contributed by atoms with E-state index in [9.17, 15) is 23.6 Å². The fraction of sp³-hybridized carbons (Fsp3) is 0.630. The second kappa shape index (κ2) is 13.4. The lowest BCUT2D eigenvalue weighted by molar-refractivity contribution is -0.136. The van der Waals surface area contributed by atoms with Crippen molar-refractivity contribution in [3.8, 4) is 0 Å². The van der Waals surface area contributed by atoms with E-state index in [-0.39, 0.29) is 36.9 Å². The number of urea groups is 1. The van der Waals surface area contributed by atoms with Gasteiger partial charge in [-0.05, 0) is 63.5 Å². The molecular weight excluding hydrogens is 477 g/mol. The zero-order chi connectivity index (χ0) is 27.8. The maximum absolute atomic E-state index is 14.1. The monoisotopic (exact) mass is 519 g/mol. The van der Waals surface area contributed by atoms with Crippen LogP contribution >= 0.6 is 0 Å². The lowest BCUT2D eigenvalue weighted by atomic mass is 9.90. The Morgan fingerprint density at radius 3 is 2.51 bits per heavy atom. The van der Waals surface area contributed by atoms with E-state index in [1.54, 1.807) is 24.0 Å². The Bertz CT molecular complexity index is 978. The van der Waals surface area contributed by atoms with E-state index in [0.29, 0.717) is 18.5 Å². The van der Waals surface area contributed by atoms with Crippen LogP contribution in [0.5, 0.6) is 0 Å². The van der Waals surface area contributed by atoms with E-state index in [1.165, 1.54) is 13.0 Å². The van der Waals surface area contributed by atoms with Crippen molar-refractivity contribution >= 4 is 23.8 Å². The SMILES string of the molecule is Cc1ccc(CNC(=O)[C@H](C)NC(=O)N(CC(=O)N2CCCC[C@@H]2C)NC(=O)CCC(C)(C)C)c(F)c1. The Hall–Kier alpha value is -3.17. The lowest BCUT2D eigenvalue weighted by Gasteiger charge is -2.35. The van der Waals surface area contributed by atoms with Crippen molar-refractivity contribution in [1.82, 2.24) is 26.0 Å². The average molecular weight is 520 g/mol. The molecule has 1 aliphatic heterocycles. The minimum absolute atomic E-state index is 0.0380. The summed E-state index contributed by atoms with van der Waals surface area (Å²) in [6.45, 7) is 11.5. The van der Waals surface area contributed by atoms with E-state index in [1.807, 2.05) is 27.7 Å². The molecule has 5 amide bonds. The van der Waals surface area contributed by atoms with Gasteiger partial charge in [-0.1, -0.05) is 32.9 Å². The van der Waals surface area contributed by atoms with E-state index in [2.05, 4.69) is 16.1 Å². The van der Waals surface area contributed by atoms with Crippen LogP contribution in [0.2, 0.25) is 0 Å². The van der Waals surface area contributed by atoms with Gasteiger partial charge in [0.05, 0.1) is 0 Å². The van der Waals surface area contributed by atoms with Crippen molar-refractivity contribution in [2.24, 2.45) is 5.41 Å². The molecule has 0 bridgehead atoms. The molecule has 2 atom stereocenters. The first-order valence-electron chi connectivity index (χ1n) is 13.0. The van der Waals surface area contributed by atoms with Crippen LogP contribution in [0.1, 0.15) is 77.8 Å². The number of hydrazine groups is 1. The van der Waals surface area contributed by atoms with Crippen LogP contribution in [0, 0.1) is 18.2 Å². The molecule has 1 heterocycles. The zero-order valence-corrected chi connectivity index (χ0v) is 22.9. The van der Waals surface area contributed by atoms with Crippen molar-refractivity contribution in [3.05, 3.63) is 35.1 Å². The molecule has 0 unspecified atom stereocenters. The molecule has 9 nitrogen and oxygen atoms in total. The molecule has 0 spiro atoms. The highest BCUT2D eigenvalue weighted by Gasteiger charge is 2.29. The van der Waals surface area contributed by atoms with Gasteiger partial charge in [0, 0.05) is 31.1 Å². The number of nitrogens with one attached hydrogen (secondary N) is 3. The summed E-state index contributed by atoms with van der Waals surface area (Å²) in [5.41, 5.74) is 3.56. The molecule has 10 heteroatoms. The Balaban J connectivity index is 2.03. The number of halogens is 1. The second-order valence-corrected chi connectivity index (χ2v) is 11.1. The standard InChI is InChI=1S/C27H42FN5O4/c1-18-10-11-21(22(28)15-18)16-29-25(36)20(3)30-26(37)33(31-23(34)12-13-27(4,5)6)17-24(35)32-14-8-7-9-19(32)2/h10-11,15,19-20H,7-9,12-14,16-17H2,1-6H3,(H,29,36)(H,30,37)(H,31,34)/t19-,20-/m0/s1. The maximum Gasteiger partial charge on any atom is 0.337 e. The summed E-state index contributed by atoms with van der Waals surface area (Å²) < 4.78 is 14.1. The van der Waals surface area contributed by atoms with Gasteiger partial charge in [0.2, 0.25) is 17.7 Å². The van der Waals surface area contributed by atoms with Gasteiger partial charge in [-0.3, -0.25) is 19.8 Å². The Morgan fingerprint density at radius 2 is 1.89 bits per heavy atom. The van der Waals surface area contributed by atoms with Crippen LogP contribution in [0.3, 0.4) is 0 Å². The smallest absolute Gasteiger partial charge is 0.337 e. The fourth-order valence-electron chi connectivity index (χ4n) is 4.01. The summed E-state index contributed by atoms with van der Waals surface area (Å²) in [5, 5.41) is 6.08. The number of hydrogen-bond donors (Lipinski definition) is 3. The molecule has 1 aromatic rings. The van der Waals surface area contributed by atoms with Crippen molar-refractivity contribution < 1.29 is 23.6 Å². The molecular formula is C27H42FN5O4. The quantitative estimate of drug-likeness (QED) is 0.457.